The molecule has 0 spiro atoms. The average molecular weight is 539 g/mol. The van der Waals surface area contributed by atoms with E-state index in [1.165, 1.54) is 4.57 Å². The highest BCUT2D eigenvalue weighted by Gasteiger charge is 2.27. The molecule has 0 bridgehead atoms. The molecular formula is C30H34N8O2. The first-order valence-electron chi connectivity index (χ1n) is 14.2. The lowest BCUT2D eigenvalue weighted by molar-refractivity contribution is 0.554. The van der Waals surface area contributed by atoms with E-state index >= 15 is 0 Å². The third kappa shape index (κ3) is 4.89. The number of aryl methyl sites for hydroxylation is 1. The molecule has 3 aromatic heterocycles. The van der Waals surface area contributed by atoms with Crippen LogP contribution in [0.4, 0.5) is 0 Å². The Labute approximate surface area is 231 Å². The van der Waals surface area contributed by atoms with Crippen LogP contribution >= 0.6 is 0 Å². The number of H-pyrrole nitrogens is 1. The first-order chi connectivity index (χ1) is 19.6. The van der Waals surface area contributed by atoms with Gasteiger partial charge in [0.25, 0.3) is 5.56 Å². The third-order valence-electron chi connectivity index (χ3n) is 7.77. The Bertz CT molecular complexity index is 1740. The number of tetrazole rings is 1. The number of hydrogen-bond acceptors (Lipinski definition) is 6. The fourth-order valence-corrected chi connectivity index (χ4v) is 5.41. The summed E-state index contributed by atoms with van der Waals surface area (Å²) in [5.74, 6) is 1.90. The summed E-state index contributed by atoms with van der Waals surface area (Å²) < 4.78 is 5.15. The van der Waals surface area contributed by atoms with Gasteiger partial charge >= 0.3 is 5.69 Å². The van der Waals surface area contributed by atoms with Crippen molar-refractivity contribution in [2.24, 2.45) is 5.92 Å². The van der Waals surface area contributed by atoms with Crippen molar-refractivity contribution >= 4 is 11.2 Å². The maximum absolute atomic E-state index is 13.6. The number of rotatable bonds is 11. The molecule has 1 N–H and O–H groups in total. The summed E-state index contributed by atoms with van der Waals surface area (Å²) in [5.41, 5.74) is 4.56. The molecule has 1 fully saturated rings. The molecule has 3 heterocycles. The van der Waals surface area contributed by atoms with Crippen LogP contribution in [0.5, 0.6) is 0 Å². The monoisotopic (exact) mass is 538 g/mol. The average Bonchev–Trinajstić information content (AvgIpc) is 3.48. The molecule has 2 aromatic carbocycles. The Hall–Kier alpha value is -4.34. The Morgan fingerprint density at radius 1 is 0.925 bits per heavy atom. The maximum Gasteiger partial charge on any atom is 0.332 e. The highest BCUT2D eigenvalue weighted by atomic mass is 16.2. The number of benzene rings is 2. The lowest BCUT2D eigenvalue weighted by Crippen LogP contribution is -2.40. The molecule has 6 rings (SSSR count). The fraction of sp³-hybridized carbons (Fsp3) is 0.400. The van der Waals surface area contributed by atoms with E-state index in [2.05, 4.69) is 51.8 Å². The summed E-state index contributed by atoms with van der Waals surface area (Å²) >= 11 is 0. The van der Waals surface area contributed by atoms with Crippen LogP contribution in [0.2, 0.25) is 0 Å². The van der Waals surface area contributed by atoms with Gasteiger partial charge in [-0.25, -0.2) is 9.78 Å². The van der Waals surface area contributed by atoms with Gasteiger partial charge in [0.2, 0.25) is 5.82 Å². The normalized spacial score (nSPS) is 13.3. The summed E-state index contributed by atoms with van der Waals surface area (Å²) in [5, 5.41) is 14.5. The molecule has 0 amide bonds. The number of hydrogen-bond donors (Lipinski definition) is 1. The van der Waals surface area contributed by atoms with Crippen LogP contribution in [0.15, 0.2) is 58.1 Å². The zero-order valence-electron chi connectivity index (χ0n) is 23.0. The Balaban J connectivity index is 1.41. The number of imidazole rings is 1. The highest BCUT2D eigenvalue weighted by molar-refractivity contribution is 5.80. The Morgan fingerprint density at radius 2 is 1.70 bits per heavy atom. The summed E-state index contributed by atoms with van der Waals surface area (Å²) in [4.78, 5) is 31.9. The van der Waals surface area contributed by atoms with Gasteiger partial charge in [0, 0.05) is 31.6 Å². The van der Waals surface area contributed by atoms with Crippen LogP contribution in [0.1, 0.15) is 57.3 Å². The van der Waals surface area contributed by atoms with Crippen LogP contribution in [0, 0.1) is 5.92 Å². The smallest absolute Gasteiger partial charge is 0.318 e. The third-order valence-corrected chi connectivity index (χ3v) is 7.77. The van der Waals surface area contributed by atoms with Gasteiger partial charge in [0.05, 0.1) is 0 Å². The predicted octanol–water partition coefficient (Wildman–Crippen LogP) is 4.42. The maximum atomic E-state index is 13.6. The first-order valence-corrected chi connectivity index (χ1v) is 14.2. The van der Waals surface area contributed by atoms with Crippen molar-refractivity contribution in [1.82, 2.24) is 39.3 Å². The molecule has 0 radical (unpaired) electrons. The van der Waals surface area contributed by atoms with Gasteiger partial charge in [-0.15, -0.1) is 10.2 Å². The fourth-order valence-electron chi connectivity index (χ4n) is 5.41. The van der Waals surface area contributed by atoms with Gasteiger partial charge in [0.15, 0.2) is 11.2 Å². The van der Waals surface area contributed by atoms with E-state index in [4.69, 9.17) is 4.98 Å². The molecule has 1 aliphatic carbocycles. The van der Waals surface area contributed by atoms with E-state index in [0.29, 0.717) is 42.5 Å². The Kier molecular flexibility index (Phi) is 7.15. The Morgan fingerprint density at radius 3 is 2.38 bits per heavy atom. The van der Waals surface area contributed by atoms with Crippen LogP contribution in [-0.4, -0.2) is 39.3 Å². The minimum atomic E-state index is -0.255. The summed E-state index contributed by atoms with van der Waals surface area (Å²) in [6, 6.07) is 16.3. The minimum absolute atomic E-state index is 0.249. The molecule has 0 unspecified atom stereocenters. The van der Waals surface area contributed by atoms with Gasteiger partial charge in [-0.1, -0.05) is 68.3 Å². The largest absolute Gasteiger partial charge is 0.332 e. The molecule has 0 aliphatic heterocycles. The predicted molar refractivity (Wildman–Crippen MR) is 154 cm³/mol. The zero-order valence-corrected chi connectivity index (χ0v) is 23.0. The number of aromatic nitrogens is 8. The van der Waals surface area contributed by atoms with Crippen molar-refractivity contribution in [3.05, 3.63) is 80.8 Å². The van der Waals surface area contributed by atoms with Gasteiger partial charge < -0.3 is 4.57 Å². The highest BCUT2D eigenvalue weighted by Crippen LogP contribution is 2.32. The number of nitrogens with zero attached hydrogens (tertiary/aromatic N) is 7. The van der Waals surface area contributed by atoms with Gasteiger partial charge in [0.1, 0.15) is 5.82 Å². The van der Waals surface area contributed by atoms with Crippen molar-refractivity contribution in [1.29, 1.82) is 0 Å². The second kappa shape index (κ2) is 11.0. The van der Waals surface area contributed by atoms with Crippen molar-refractivity contribution in [2.75, 3.05) is 0 Å². The van der Waals surface area contributed by atoms with Gasteiger partial charge in [-0.3, -0.25) is 13.9 Å². The van der Waals surface area contributed by atoms with E-state index in [1.54, 1.807) is 4.57 Å². The quantitative estimate of drug-likeness (QED) is 0.249. The SMILES string of the molecule is CCCCCc1nc2c(c(=O)n(CC)c(=O)n2CC2CC2)n1Cc1ccc(-c2ccccc2-c2nn[nH]n2)cc1. The number of unbranched alkanes of at least 4 members (excludes halogenated alkanes) is 2. The molecular weight excluding hydrogens is 504 g/mol. The summed E-state index contributed by atoms with van der Waals surface area (Å²) in [6.45, 7) is 5.49. The van der Waals surface area contributed by atoms with Gasteiger partial charge in [-0.05, 0) is 54.0 Å². The zero-order chi connectivity index (χ0) is 27.6. The summed E-state index contributed by atoms with van der Waals surface area (Å²) in [7, 11) is 0. The molecule has 206 valence electrons. The van der Waals surface area contributed by atoms with Crippen LogP contribution in [0.25, 0.3) is 33.7 Å². The minimum Gasteiger partial charge on any atom is -0.318 e. The standard InChI is InChI=1S/C30H34N8O2/c1-3-5-6-11-25-31-28-26(29(39)36(4-2)30(40)38(28)19-20-12-13-20)37(25)18-21-14-16-22(17-15-21)23-9-7-8-10-24(23)27-32-34-35-33-27/h7-10,14-17,20H,3-6,11-13,18-19H2,1-2H3,(H,32,33,34,35). The van der Waals surface area contributed by atoms with Crippen molar-refractivity contribution in [3.8, 4) is 22.5 Å². The number of fused-ring (bicyclic) bond motifs is 1. The van der Waals surface area contributed by atoms with E-state index < -0.39 is 0 Å². The van der Waals surface area contributed by atoms with E-state index in [9.17, 15) is 9.59 Å². The topological polar surface area (TPSA) is 116 Å². The molecule has 0 atom stereocenters. The molecule has 5 aromatic rings. The second-order valence-electron chi connectivity index (χ2n) is 10.6. The molecule has 1 saturated carbocycles. The van der Waals surface area contributed by atoms with Crippen LogP contribution in [0.3, 0.4) is 0 Å². The number of aromatic amines is 1. The first kappa shape index (κ1) is 25.9. The van der Waals surface area contributed by atoms with Crippen LogP contribution < -0.4 is 11.2 Å². The lowest BCUT2D eigenvalue weighted by Gasteiger charge is -2.13. The van der Waals surface area contributed by atoms with Crippen molar-refractivity contribution in [2.45, 2.75) is 72.0 Å². The van der Waals surface area contributed by atoms with Crippen molar-refractivity contribution in [3.63, 3.8) is 0 Å². The van der Waals surface area contributed by atoms with Crippen molar-refractivity contribution < 1.29 is 0 Å². The second-order valence-corrected chi connectivity index (χ2v) is 10.6. The van der Waals surface area contributed by atoms with E-state index in [-0.39, 0.29) is 11.2 Å². The molecule has 10 nitrogen and oxygen atoms in total. The molecule has 40 heavy (non-hydrogen) atoms. The lowest BCUT2D eigenvalue weighted by atomic mass is 9.98. The summed E-state index contributed by atoms with van der Waals surface area (Å²) in [6.07, 6.45) is 6.17. The van der Waals surface area contributed by atoms with Crippen LogP contribution in [-0.2, 0) is 26.1 Å². The molecule has 1 aliphatic rings. The molecule has 0 saturated heterocycles. The van der Waals surface area contributed by atoms with E-state index in [1.807, 2.05) is 35.8 Å². The van der Waals surface area contributed by atoms with E-state index in [0.717, 1.165) is 66.6 Å². The molecule has 10 heteroatoms. The van der Waals surface area contributed by atoms with Gasteiger partial charge in [-0.2, -0.15) is 5.21 Å². The number of nitrogens with one attached hydrogen (secondary N) is 1.